The van der Waals surface area contributed by atoms with Crippen molar-refractivity contribution < 1.29 is 51.6 Å². The van der Waals surface area contributed by atoms with Gasteiger partial charge in [0.05, 0.1) is 0 Å². The molecule has 1 aliphatic rings. The van der Waals surface area contributed by atoms with E-state index in [1.807, 2.05) is 72.8 Å². The Labute approximate surface area is 216 Å². The van der Waals surface area contributed by atoms with E-state index >= 15 is 0 Å². The molecule has 0 saturated carbocycles. The second-order valence-corrected chi connectivity index (χ2v) is 6.12. The summed E-state index contributed by atoms with van der Waals surface area (Å²) in [5.41, 5.74) is 7.08. The number of hydrogen-bond donors (Lipinski definition) is 1. The third kappa shape index (κ3) is 13.4. The molecule has 0 amide bonds. The van der Waals surface area contributed by atoms with Gasteiger partial charge in [0.25, 0.3) is 0 Å². The zero-order valence-corrected chi connectivity index (χ0v) is 21.6. The molecule has 3 aromatic carbocycles. The van der Waals surface area contributed by atoms with Crippen LogP contribution < -0.4 is 24.8 Å². The van der Waals surface area contributed by atoms with Crippen LogP contribution >= 0.6 is 0 Å². The molecular formula is C27H29Cl2OTi-3. The standard InChI is InChI=1S/C14H15.2C6H5.CH4O.2ClH.Ti/c1-10-9-14(12(3)11(10)2)13-7-5-4-6-8-13;2*1-2-4-6-5-3-1;1-2;;;/h4-7H,9H2,1-3H3;2*1-5H;2H,1H3;2*1H;/q3*-1;;;;+2/p-2. The Hall–Kier alpha value is -1.61. The topological polar surface area (TPSA) is 20.2 Å². The predicted molar refractivity (Wildman–Crippen MR) is 120 cm³/mol. The summed E-state index contributed by atoms with van der Waals surface area (Å²) in [7, 11) is 1.00. The summed E-state index contributed by atoms with van der Waals surface area (Å²) >= 11 is 0. The van der Waals surface area contributed by atoms with Gasteiger partial charge in [-0.15, -0.1) is 41.5 Å². The molecule has 1 aliphatic carbocycles. The Morgan fingerprint density at radius 2 is 1.10 bits per heavy atom. The second-order valence-electron chi connectivity index (χ2n) is 6.12. The van der Waals surface area contributed by atoms with Crippen LogP contribution in [0.3, 0.4) is 0 Å². The Morgan fingerprint density at radius 3 is 1.35 bits per heavy atom. The second kappa shape index (κ2) is 21.6. The molecule has 1 N–H and O–H groups in total. The molecule has 4 heteroatoms. The minimum atomic E-state index is 0. The number of allylic oxidation sites excluding steroid dienone is 4. The van der Waals surface area contributed by atoms with Crippen molar-refractivity contribution in [2.45, 2.75) is 27.2 Å². The molecule has 1 nitrogen and oxygen atoms in total. The molecule has 4 rings (SSSR count). The van der Waals surface area contributed by atoms with Crippen LogP contribution in [0.4, 0.5) is 0 Å². The minimum Gasteiger partial charge on any atom is -1.00 e. The molecular weight excluding hydrogens is 459 g/mol. The number of halogens is 2. The van der Waals surface area contributed by atoms with Gasteiger partial charge in [-0.2, -0.15) is 72.8 Å². The average Bonchev–Trinajstić information content (AvgIpc) is 3.06. The fraction of sp³-hybridized carbons (Fsp3) is 0.185. The van der Waals surface area contributed by atoms with Gasteiger partial charge < -0.3 is 29.9 Å². The zero-order valence-electron chi connectivity index (χ0n) is 18.5. The molecule has 0 atom stereocenters. The summed E-state index contributed by atoms with van der Waals surface area (Å²) < 4.78 is 0. The summed E-state index contributed by atoms with van der Waals surface area (Å²) in [4.78, 5) is 0. The van der Waals surface area contributed by atoms with Gasteiger partial charge in [-0.25, -0.2) is 0 Å². The fourth-order valence-corrected chi connectivity index (χ4v) is 2.64. The molecule has 0 radical (unpaired) electrons. The van der Waals surface area contributed by atoms with Crippen molar-refractivity contribution >= 4 is 5.57 Å². The first kappa shape index (κ1) is 34.0. The van der Waals surface area contributed by atoms with Crippen LogP contribution in [0, 0.1) is 18.2 Å². The largest absolute Gasteiger partial charge is 2.00 e. The van der Waals surface area contributed by atoms with Crippen LogP contribution in [0.2, 0.25) is 0 Å². The van der Waals surface area contributed by atoms with Gasteiger partial charge in [0.1, 0.15) is 0 Å². The molecule has 0 aromatic heterocycles. The van der Waals surface area contributed by atoms with Crippen LogP contribution in [-0.2, 0) is 21.7 Å². The molecule has 164 valence electrons. The van der Waals surface area contributed by atoms with Crippen molar-refractivity contribution in [1.82, 2.24) is 0 Å². The maximum Gasteiger partial charge on any atom is 2.00 e. The van der Waals surface area contributed by atoms with E-state index in [4.69, 9.17) is 5.11 Å². The zero-order chi connectivity index (χ0) is 20.6. The minimum absolute atomic E-state index is 0. The van der Waals surface area contributed by atoms with Crippen molar-refractivity contribution in [3.8, 4) is 0 Å². The van der Waals surface area contributed by atoms with E-state index in [1.165, 1.54) is 27.9 Å². The number of rotatable bonds is 1. The molecule has 0 unspecified atom stereocenters. The molecule has 3 aromatic rings. The molecule has 0 bridgehead atoms. The molecule has 0 saturated heterocycles. The van der Waals surface area contributed by atoms with Gasteiger partial charge in [0.15, 0.2) is 0 Å². The van der Waals surface area contributed by atoms with E-state index in [1.54, 1.807) is 0 Å². The first-order valence-corrected chi connectivity index (χ1v) is 9.30. The molecule has 0 spiro atoms. The summed E-state index contributed by atoms with van der Waals surface area (Å²) in [5, 5.41) is 7.00. The van der Waals surface area contributed by atoms with E-state index in [2.05, 4.69) is 51.1 Å². The van der Waals surface area contributed by atoms with Crippen molar-refractivity contribution in [2.75, 3.05) is 7.11 Å². The Morgan fingerprint density at radius 1 is 0.645 bits per heavy atom. The number of aliphatic hydroxyl groups excluding tert-OH is 1. The summed E-state index contributed by atoms with van der Waals surface area (Å²) in [6.07, 6.45) is 1.10. The first-order valence-electron chi connectivity index (χ1n) is 9.30. The van der Waals surface area contributed by atoms with Crippen LogP contribution in [0.15, 0.2) is 102 Å². The Kier molecular flexibility index (Phi) is 23.7. The normalized spacial score (nSPS) is 10.9. The van der Waals surface area contributed by atoms with E-state index in [0.29, 0.717) is 0 Å². The fourth-order valence-electron chi connectivity index (χ4n) is 2.64. The Balaban J connectivity index is -0.000000391. The van der Waals surface area contributed by atoms with E-state index in [9.17, 15) is 0 Å². The van der Waals surface area contributed by atoms with Gasteiger partial charge >= 0.3 is 21.7 Å². The van der Waals surface area contributed by atoms with Gasteiger partial charge in [-0.1, -0.05) is 16.7 Å². The SMILES string of the molecule is CC1=C(C)C(C)=C(c2[c-]cccc2)C1.CO.[Cl-].[Cl-].[Ti+2].[c-]1ccccc1.[c-]1ccccc1. The van der Waals surface area contributed by atoms with Crippen molar-refractivity contribution in [3.05, 3.63) is 125 Å². The Bertz CT molecular complexity index is 748. The van der Waals surface area contributed by atoms with Crippen LogP contribution in [0.25, 0.3) is 5.57 Å². The molecule has 0 fully saturated rings. The average molecular weight is 488 g/mol. The third-order valence-corrected chi connectivity index (χ3v) is 4.35. The van der Waals surface area contributed by atoms with Crippen LogP contribution in [-0.4, -0.2) is 12.2 Å². The number of hydrogen-bond acceptors (Lipinski definition) is 1. The van der Waals surface area contributed by atoms with Gasteiger partial charge in [0.2, 0.25) is 0 Å². The third-order valence-electron chi connectivity index (χ3n) is 4.35. The molecule has 0 aliphatic heterocycles. The van der Waals surface area contributed by atoms with E-state index in [-0.39, 0.29) is 46.5 Å². The van der Waals surface area contributed by atoms with Gasteiger partial charge in [-0.05, 0) is 27.2 Å². The van der Waals surface area contributed by atoms with E-state index < -0.39 is 0 Å². The van der Waals surface area contributed by atoms with E-state index in [0.717, 1.165) is 13.5 Å². The number of benzene rings is 3. The smallest absolute Gasteiger partial charge is 1.00 e. The monoisotopic (exact) mass is 487 g/mol. The van der Waals surface area contributed by atoms with Crippen molar-refractivity contribution in [3.63, 3.8) is 0 Å². The van der Waals surface area contributed by atoms with Crippen LogP contribution in [0.5, 0.6) is 0 Å². The van der Waals surface area contributed by atoms with Gasteiger partial charge in [0, 0.05) is 7.11 Å². The van der Waals surface area contributed by atoms with Gasteiger partial charge in [-0.3, -0.25) is 0 Å². The van der Waals surface area contributed by atoms with Crippen molar-refractivity contribution in [2.24, 2.45) is 0 Å². The number of aliphatic hydroxyl groups is 1. The molecule has 0 heterocycles. The summed E-state index contributed by atoms with van der Waals surface area (Å²) in [6, 6.07) is 36.5. The summed E-state index contributed by atoms with van der Waals surface area (Å²) in [6.45, 7) is 6.64. The van der Waals surface area contributed by atoms with Crippen LogP contribution in [0.1, 0.15) is 32.8 Å². The first-order chi connectivity index (χ1) is 13.7. The van der Waals surface area contributed by atoms with Crippen molar-refractivity contribution in [1.29, 1.82) is 0 Å². The molecule has 31 heavy (non-hydrogen) atoms. The maximum absolute atomic E-state index is 7.00. The quantitative estimate of drug-likeness (QED) is 0.393. The maximum atomic E-state index is 7.00. The predicted octanol–water partition coefficient (Wildman–Crippen LogP) is 0.588. The summed E-state index contributed by atoms with van der Waals surface area (Å²) in [5.74, 6) is 0.